The van der Waals surface area contributed by atoms with Crippen LogP contribution in [0.3, 0.4) is 0 Å². The van der Waals surface area contributed by atoms with Crippen molar-refractivity contribution in [3.8, 4) is 0 Å². The van der Waals surface area contributed by atoms with Crippen LogP contribution in [0, 0.1) is 27.7 Å². The van der Waals surface area contributed by atoms with Crippen LogP contribution in [0.2, 0.25) is 0 Å². The summed E-state index contributed by atoms with van der Waals surface area (Å²) in [6.45, 7) is 10.2. The first-order chi connectivity index (χ1) is 15.8. The van der Waals surface area contributed by atoms with Gasteiger partial charge in [-0.2, -0.15) is 4.98 Å². The lowest BCUT2D eigenvalue weighted by Crippen LogP contribution is -2.34. The number of carbonyl (C=O) groups excluding carboxylic acids is 1. The molecule has 0 fully saturated rings. The monoisotopic (exact) mass is 459 g/mol. The van der Waals surface area contributed by atoms with Crippen molar-refractivity contribution in [2.45, 2.75) is 58.0 Å². The topological polar surface area (TPSA) is 72.2 Å². The van der Waals surface area contributed by atoms with Crippen LogP contribution >= 0.6 is 11.8 Å². The molecule has 4 aromatic rings. The summed E-state index contributed by atoms with van der Waals surface area (Å²) >= 11 is 1.51. The van der Waals surface area contributed by atoms with Crippen molar-refractivity contribution < 1.29 is 4.79 Å². The van der Waals surface area contributed by atoms with Gasteiger partial charge in [0.2, 0.25) is 5.16 Å². The molecule has 0 aliphatic heterocycles. The molecule has 0 spiro atoms. The van der Waals surface area contributed by atoms with E-state index in [2.05, 4.69) is 52.4 Å². The summed E-state index contributed by atoms with van der Waals surface area (Å²) < 4.78 is 1.75. The number of fused-ring (bicyclic) bond motifs is 1. The maximum Gasteiger partial charge on any atom is 0.253 e. The van der Waals surface area contributed by atoms with E-state index in [4.69, 9.17) is 0 Å². The van der Waals surface area contributed by atoms with Crippen LogP contribution in [0.4, 0.5) is 0 Å². The molecule has 1 amide bonds. The van der Waals surface area contributed by atoms with Crippen LogP contribution < -0.4 is 5.32 Å². The van der Waals surface area contributed by atoms with Gasteiger partial charge in [0.05, 0.1) is 0 Å². The highest BCUT2D eigenvalue weighted by Crippen LogP contribution is 2.23. The van der Waals surface area contributed by atoms with Gasteiger partial charge in [0, 0.05) is 28.7 Å². The molecule has 0 aliphatic carbocycles. The molecule has 2 aromatic carbocycles. The molecule has 0 radical (unpaired) electrons. The summed E-state index contributed by atoms with van der Waals surface area (Å²) in [5.41, 5.74) is 7.32. The second kappa shape index (κ2) is 9.75. The first-order valence-corrected chi connectivity index (χ1v) is 12.1. The van der Waals surface area contributed by atoms with E-state index in [1.807, 2.05) is 51.1 Å². The van der Waals surface area contributed by atoms with Gasteiger partial charge in [0.1, 0.15) is 0 Å². The third-order valence-corrected chi connectivity index (χ3v) is 6.51. The van der Waals surface area contributed by atoms with Gasteiger partial charge in [-0.05, 0) is 69.9 Å². The van der Waals surface area contributed by atoms with Crippen LogP contribution in [0.15, 0.2) is 53.7 Å². The number of nitrogens with zero attached hydrogens (tertiary/aromatic N) is 4. The average Bonchev–Trinajstić information content (AvgIpc) is 3.17. The molecule has 1 unspecified atom stereocenters. The molecule has 0 bridgehead atoms. The molecule has 2 heterocycles. The molecule has 6 nitrogen and oxygen atoms in total. The molecule has 4 rings (SSSR count). The fraction of sp³-hybridized carbons (Fsp3) is 0.308. The molecule has 0 saturated carbocycles. The minimum Gasteiger partial charge on any atom is -0.349 e. The maximum atomic E-state index is 13.1. The Balaban J connectivity index is 1.44. The number of amides is 1. The molecule has 7 heteroatoms. The molecule has 170 valence electrons. The van der Waals surface area contributed by atoms with Crippen molar-refractivity contribution in [2.24, 2.45) is 0 Å². The molecule has 0 aliphatic rings. The van der Waals surface area contributed by atoms with Gasteiger partial charge < -0.3 is 5.32 Å². The van der Waals surface area contributed by atoms with Crippen molar-refractivity contribution >= 4 is 23.4 Å². The van der Waals surface area contributed by atoms with Crippen LogP contribution in [-0.4, -0.2) is 31.5 Å². The lowest BCUT2D eigenvalue weighted by molar-refractivity contribution is 0.0939. The minimum absolute atomic E-state index is 0.0250. The highest BCUT2D eigenvalue weighted by atomic mass is 32.2. The normalized spacial score (nSPS) is 12.2. The Morgan fingerprint density at radius 3 is 2.61 bits per heavy atom. The zero-order valence-electron chi connectivity index (χ0n) is 19.7. The Labute approximate surface area is 198 Å². The minimum atomic E-state index is -0.0560. The van der Waals surface area contributed by atoms with E-state index in [1.165, 1.54) is 28.5 Å². The molecular weight excluding hydrogens is 430 g/mol. The summed E-state index contributed by atoms with van der Waals surface area (Å²) in [4.78, 5) is 22.1. The Morgan fingerprint density at radius 2 is 1.82 bits per heavy atom. The highest BCUT2D eigenvalue weighted by molar-refractivity contribution is 7.98. The number of rotatable bonds is 7. The predicted octanol–water partition coefficient (Wildman–Crippen LogP) is 5.01. The zero-order chi connectivity index (χ0) is 23.5. The zero-order valence-corrected chi connectivity index (χ0v) is 20.5. The van der Waals surface area contributed by atoms with E-state index >= 15 is 0 Å². The molecule has 1 N–H and O–H groups in total. The molecule has 2 aromatic heterocycles. The van der Waals surface area contributed by atoms with Gasteiger partial charge in [-0.1, -0.05) is 53.7 Å². The van der Waals surface area contributed by atoms with Gasteiger partial charge >= 0.3 is 0 Å². The van der Waals surface area contributed by atoms with Crippen LogP contribution in [-0.2, 0) is 12.2 Å². The molecule has 1 atom stereocenters. The molecule has 0 saturated heterocycles. The summed E-state index contributed by atoms with van der Waals surface area (Å²) in [6, 6.07) is 16.2. The van der Waals surface area contributed by atoms with E-state index in [-0.39, 0.29) is 11.9 Å². The van der Waals surface area contributed by atoms with Gasteiger partial charge in [0.25, 0.3) is 11.7 Å². The number of hydrogen-bond acceptors (Lipinski definition) is 5. The number of benzene rings is 2. The largest absolute Gasteiger partial charge is 0.349 e. The van der Waals surface area contributed by atoms with E-state index in [1.54, 1.807) is 4.52 Å². The number of nitrogens with one attached hydrogen (secondary N) is 1. The maximum absolute atomic E-state index is 13.1. The number of thioether (sulfide) groups is 1. The van der Waals surface area contributed by atoms with Crippen LogP contribution in [0.1, 0.15) is 50.9 Å². The quantitative estimate of drug-likeness (QED) is 0.393. The van der Waals surface area contributed by atoms with Crippen molar-refractivity contribution in [3.05, 3.63) is 87.7 Å². The van der Waals surface area contributed by atoms with E-state index in [9.17, 15) is 4.79 Å². The van der Waals surface area contributed by atoms with Crippen LogP contribution in [0.5, 0.6) is 0 Å². The van der Waals surface area contributed by atoms with Crippen molar-refractivity contribution in [1.82, 2.24) is 24.9 Å². The standard InChI is InChI=1S/C26H29N5OS/c1-16-10-11-21(17(2)12-16)14-19(4)27-24(32)23-9-7-6-8-22(23)15-33-26-29-25-28-18(3)13-20(5)31(25)30-26/h6-13,19H,14-15H2,1-5H3,(H,27,32). The van der Waals surface area contributed by atoms with Gasteiger partial charge in [-0.25, -0.2) is 9.50 Å². The predicted molar refractivity (Wildman–Crippen MR) is 133 cm³/mol. The molecular formula is C26H29N5OS. The fourth-order valence-corrected chi connectivity index (χ4v) is 4.80. The summed E-state index contributed by atoms with van der Waals surface area (Å²) in [6.07, 6.45) is 0.797. The highest BCUT2D eigenvalue weighted by Gasteiger charge is 2.16. The second-order valence-electron chi connectivity index (χ2n) is 8.60. The van der Waals surface area contributed by atoms with E-state index in [0.717, 1.165) is 23.4 Å². The summed E-state index contributed by atoms with van der Waals surface area (Å²) in [5, 5.41) is 8.37. The van der Waals surface area contributed by atoms with Gasteiger partial charge in [-0.3, -0.25) is 4.79 Å². The first-order valence-electron chi connectivity index (χ1n) is 11.1. The fourth-order valence-electron chi connectivity index (χ4n) is 3.98. The van der Waals surface area contributed by atoms with Crippen LogP contribution in [0.25, 0.3) is 5.78 Å². The molecule has 33 heavy (non-hydrogen) atoms. The average molecular weight is 460 g/mol. The number of aryl methyl sites for hydroxylation is 4. The Hall–Kier alpha value is -3.19. The van der Waals surface area contributed by atoms with Gasteiger partial charge in [-0.15, -0.1) is 5.10 Å². The first kappa shape index (κ1) is 23.0. The van der Waals surface area contributed by atoms with Crippen molar-refractivity contribution in [3.63, 3.8) is 0 Å². The van der Waals surface area contributed by atoms with Crippen molar-refractivity contribution in [1.29, 1.82) is 0 Å². The second-order valence-corrected chi connectivity index (χ2v) is 9.54. The lowest BCUT2D eigenvalue weighted by Gasteiger charge is -2.17. The third kappa shape index (κ3) is 5.42. The number of carbonyl (C=O) groups is 1. The third-order valence-electron chi connectivity index (χ3n) is 5.62. The number of aromatic nitrogens is 4. The Kier molecular flexibility index (Phi) is 6.79. The van der Waals surface area contributed by atoms with E-state index < -0.39 is 0 Å². The summed E-state index contributed by atoms with van der Waals surface area (Å²) in [7, 11) is 0. The Morgan fingerprint density at radius 1 is 1.03 bits per heavy atom. The summed E-state index contributed by atoms with van der Waals surface area (Å²) in [5.74, 6) is 1.14. The SMILES string of the molecule is Cc1ccc(CC(C)NC(=O)c2ccccc2CSc2nc3nc(C)cc(C)n3n2)c(C)c1. The van der Waals surface area contributed by atoms with Gasteiger partial charge in [0.15, 0.2) is 0 Å². The Bertz CT molecular complexity index is 1310. The van der Waals surface area contributed by atoms with E-state index in [0.29, 0.717) is 22.3 Å². The lowest BCUT2D eigenvalue weighted by atomic mass is 9.99. The number of hydrogen-bond donors (Lipinski definition) is 1. The smallest absolute Gasteiger partial charge is 0.253 e. The van der Waals surface area contributed by atoms with Crippen molar-refractivity contribution in [2.75, 3.05) is 0 Å².